The molecule has 1 amide bonds. The van der Waals surface area contributed by atoms with Crippen molar-refractivity contribution in [2.45, 2.75) is 18.7 Å². The quantitative estimate of drug-likeness (QED) is 0.606. The lowest BCUT2D eigenvalue weighted by molar-refractivity contribution is -0.163. The zero-order chi connectivity index (χ0) is 21.5. The number of β-lactam (4-membered cyclic amide) rings is 1. The van der Waals surface area contributed by atoms with E-state index in [1.54, 1.807) is 42.5 Å². The molecule has 3 heterocycles. The van der Waals surface area contributed by atoms with Crippen molar-refractivity contribution in [1.82, 2.24) is 14.9 Å². The van der Waals surface area contributed by atoms with E-state index in [2.05, 4.69) is 9.97 Å². The number of carboxylic acids is 1. The summed E-state index contributed by atoms with van der Waals surface area (Å²) < 4.78 is 11.4. The first-order valence-electron chi connectivity index (χ1n) is 9.65. The van der Waals surface area contributed by atoms with E-state index in [9.17, 15) is 19.5 Å². The van der Waals surface area contributed by atoms with E-state index < -0.39 is 18.2 Å². The fourth-order valence-electron chi connectivity index (χ4n) is 3.78. The van der Waals surface area contributed by atoms with Crippen LogP contribution < -0.4 is 10.3 Å². The number of ether oxygens (including phenoxy) is 2. The highest BCUT2D eigenvalue weighted by molar-refractivity contribution is 5.91. The zero-order valence-electron chi connectivity index (χ0n) is 16.1. The summed E-state index contributed by atoms with van der Waals surface area (Å²) in [6.45, 7) is 0.0166. The number of amides is 1. The average Bonchev–Trinajstić information content (AvgIpc) is 3.06. The Hall–Kier alpha value is -4.14. The maximum Gasteiger partial charge on any atom is 0.334 e. The SMILES string of the molecule is O=C(O)C1C(=CCOc2ccccc2-c2nc3ccccc3c(=O)[nH]2)OC2CC(=O)N21. The van der Waals surface area contributed by atoms with Gasteiger partial charge in [0.05, 0.1) is 22.9 Å². The van der Waals surface area contributed by atoms with E-state index in [0.29, 0.717) is 28.0 Å². The van der Waals surface area contributed by atoms with E-state index in [4.69, 9.17) is 9.47 Å². The molecule has 2 fully saturated rings. The summed E-state index contributed by atoms with van der Waals surface area (Å²) in [7, 11) is 0. The summed E-state index contributed by atoms with van der Waals surface area (Å²) in [5.74, 6) is -0.402. The summed E-state index contributed by atoms with van der Waals surface area (Å²) >= 11 is 0. The van der Waals surface area contributed by atoms with Crippen LogP contribution in [0.25, 0.3) is 22.3 Å². The molecular formula is C22H17N3O6. The van der Waals surface area contributed by atoms with Gasteiger partial charge < -0.3 is 19.6 Å². The number of carbonyl (C=O) groups is 2. The van der Waals surface area contributed by atoms with Gasteiger partial charge in [0.15, 0.2) is 12.3 Å². The summed E-state index contributed by atoms with van der Waals surface area (Å²) in [6.07, 6.45) is 1.16. The van der Waals surface area contributed by atoms with Gasteiger partial charge in [-0.3, -0.25) is 14.5 Å². The standard InChI is InChI=1S/C22H17N3O6/c26-17-11-18-25(17)19(22(28)29)16(31-18)9-10-30-15-8-4-2-6-13(15)20-23-14-7-3-1-5-12(14)21(27)24-20/h1-9,18-19H,10-11H2,(H,28,29)(H,23,24,27). The van der Waals surface area contributed by atoms with Gasteiger partial charge in [-0.1, -0.05) is 24.3 Å². The number of H-pyrrole nitrogens is 1. The van der Waals surface area contributed by atoms with Gasteiger partial charge in [-0.25, -0.2) is 9.78 Å². The second kappa shape index (κ2) is 7.28. The second-order valence-corrected chi connectivity index (χ2v) is 7.16. The highest BCUT2D eigenvalue weighted by atomic mass is 16.5. The minimum Gasteiger partial charge on any atom is -0.489 e. The van der Waals surface area contributed by atoms with E-state index >= 15 is 0 Å². The molecule has 1 aromatic heterocycles. The highest BCUT2D eigenvalue weighted by Gasteiger charge is 2.53. The maximum absolute atomic E-state index is 12.4. The lowest BCUT2D eigenvalue weighted by Crippen LogP contribution is -2.54. The Kier molecular flexibility index (Phi) is 4.43. The van der Waals surface area contributed by atoms with E-state index in [0.717, 1.165) is 0 Å². The molecule has 2 atom stereocenters. The largest absolute Gasteiger partial charge is 0.489 e. The molecule has 156 valence electrons. The van der Waals surface area contributed by atoms with Crippen molar-refractivity contribution in [3.63, 3.8) is 0 Å². The minimum atomic E-state index is -1.15. The minimum absolute atomic E-state index is 0.0166. The number of aromatic amines is 1. The molecule has 2 aliphatic rings. The van der Waals surface area contributed by atoms with E-state index in [1.807, 2.05) is 6.07 Å². The smallest absolute Gasteiger partial charge is 0.334 e. The molecule has 2 aliphatic heterocycles. The molecule has 0 bridgehead atoms. The number of rotatable bonds is 5. The third kappa shape index (κ3) is 3.20. The first kappa shape index (κ1) is 18.9. The van der Waals surface area contributed by atoms with Crippen LogP contribution in [-0.2, 0) is 14.3 Å². The third-order valence-electron chi connectivity index (χ3n) is 5.28. The van der Waals surface area contributed by atoms with Gasteiger partial charge in [-0.05, 0) is 30.3 Å². The van der Waals surface area contributed by atoms with Crippen LogP contribution >= 0.6 is 0 Å². The fraction of sp³-hybridized carbons (Fsp3) is 0.182. The maximum atomic E-state index is 12.4. The van der Waals surface area contributed by atoms with Gasteiger partial charge in [0.25, 0.3) is 5.56 Å². The van der Waals surface area contributed by atoms with Crippen molar-refractivity contribution in [1.29, 1.82) is 0 Å². The van der Waals surface area contributed by atoms with Gasteiger partial charge in [0.2, 0.25) is 5.91 Å². The first-order chi connectivity index (χ1) is 15.0. The number of nitrogens with one attached hydrogen (secondary N) is 1. The molecule has 2 saturated heterocycles. The Balaban J connectivity index is 1.41. The summed E-state index contributed by atoms with van der Waals surface area (Å²) in [6, 6.07) is 13.0. The summed E-state index contributed by atoms with van der Waals surface area (Å²) in [4.78, 5) is 44.2. The molecule has 2 aromatic carbocycles. The first-order valence-corrected chi connectivity index (χ1v) is 9.65. The predicted molar refractivity (Wildman–Crippen MR) is 109 cm³/mol. The highest BCUT2D eigenvalue weighted by Crippen LogP contribution is 2.36. The summed E-state index contributed by atoms with van der Waals surface area (Å²) in [5.41, 5.74) is 0.899. The molecule has 9 nitrogen and oxygen atoms in total. The van der Waals surface area contributed by atoms with Crippen LogP contribution in [0.1, 0.15) is 6.42 Å². The van der Waals surface area contributed by atoms with Gasteiger partial charge in [-0.15, -0.1) is 0 Å². The Bertz CT molecular complexity index is 1300. The number of carbonyl (C=O) groups excluding carboxylic acids is 1. The Morgan fingerprint density at radius 1 is 1.23 bits per heavy atom. The molecule has 3 aromatic rings. The number of hydrogen-bond donors (Lipinski definition) is 2. The van der Waals surface area contributed by atoms with Crippen molar-refractivity contribution >= 4 is 22.8 Å². The van der Waals surface area contributed by atoms with Crippen LogP contribution in [0, 0.1) is 0 Å². The Morgan fingerprint density at radius 2 is 2.00 bits per heavy atom. The molecule has 9 heteroatoms. The van der Waals surface area contributed by atoms with Gasteiger partial charge in [0.1, 0.15) is 23.9 Å². The van der Waals surface area contributed by atoms with Crippen LogP contribution in [0.4, 0.5) is 0 Å². The monoisotopic (exact) mass is 419 g/mol. The molecule has 5 rings (SSSR count). The Labute approximate surface area is 175 Å². The Morgan fingerprint density at radius 3 is 2.81 bits per heavy atom. The van der Waals surface area contributed by atoms with Gasteiger partial charge in [-0.2, -0.15) is 0 Å². The van der Waals surface area contributed by atoms with Crippen LogP contribution in [0.15, 0.2) is 65.2 Å². The number of benzene rings is 2. The van der Waals surface area contributed by atoms with Crippen molar-refractivity contribution in [3.05, 3.63) is 70.7 Å². The predicted octanol–water partition coefficient (Wildman–Crippen LogP) is 1.89. The van der Waals surface area contributed by atoms with E-state index in [-0.39, 0.29) is 30.3 Å². The van der Waals surface area contributed by atoms with Crippen LogP contribution in [0.5, 0.6) is 5.75 Å². The topological polar surface area (TPSA) is 122 Å². The normalized spacial score (nSPS) is 21.0. The number of para-hydroxylation sites is 2. The molecule has 2 N–H and O–H groups in total. The molecule has 31 heavy (non-hydrogen) atoms. The number of carboxylic acid groups (broad SMARTS) is 1. The number of aromatic nitrogens is 2. The zero-order valence-corrected chi connectivity index (χ0v) is 16.1. The second-order valence-electron chi connectivity index (χ2n) is 7.16. The molecule has 0 saturated carbocycles. The van der Waals surface area contributed by atoms with Crippen molar-refractivity contribution < 1.29 is 24.2 Å². The van der Waals surface area contributed by atoms with Crippen LogP contribution in [0.3, 0.4) is 0 Å². The van der Waals surface area contributed by atoms with Crippen molar-refractivity contribution in [2.24, 2.45) is 0 Å². The van der Waals surface area contributed by atoms with Gasteiger partial charge >= 0.3 is 5.97 Å². The fourth-order valence-corrected chi connectivity index (χ4v) is 3.78. The third-order valence-corrected chi connectivity index (χ3v) is 5.28. The molecular weight excluding hydrogens is 402 g/mol. The van der Waals surface area contributed by atoms with Crippen molar-refractivity contribution in [2.75, 3.05) is 6.61 Å². The number of hydrogen-bond acceptors (Lipinski definition) is 6. The summed E-state index contributed by atoms with van der Waals surface area (Å²) in [5, 5.41) is 9.94. The number of aliphatic carboxylic acids is 1. The van der Waals surface area contributed by atoms with E-state index in [1.165, 1.54) is 11.0 Å². The lowest BCUT2D eigenvalue weighted by atomic mass is 10.1. The number of fused-ring (bicyclic) bond motifs is 2. The molecule has 0 spiro atoms. The average molecular weight is 419 g/mol. The van der Waals surface area contributed by atoms with Crippen LogP contribution in [0.2, 0.25) is 0 Å². The molecule has 0 aliphatic carbocycles. The molecule has 0 radical (unpaired) electrons. The number of nitrogens with zero attached hydrogens (tertiary/aromatic N) is 2. The van der Waals surface area contributed by atoms with Crippen LogP contribution in [-0.4, -0.2) is 50.7 Å². The lowest BCUT2D eigenvalue weighted by Gasteiger charge is -2.33. The molecule has 2 unspecified atom stereocenters. The van der Waals surface area contributed by atoms with Crippen molar-refractivity contribution in [3.8, 4) is 17.1 Å². The van der Waals surface area contributed by atoms with Gasteiger partial charge in [0, 0.05) is 0 Å².